The molecule has 1 N–H and O–H groups in total. The van der Waals surface area contributed by atoms with E-state index >= 15 is 0 Å². The molecule has 0 amide bonds. The molecule has 0 fully saturated rings. The molecule has 5 nitrogen and oxygen atoms in total. The van der Waals surface area contributed by atoms with E-state index in [-0.39, 0.29) is 4.90 Å². The lowest BCUT2D eigenvalue weighted by Crippen LogP contribution is -2.28. The molecule has 2 aromatic rings. The number of nitrogens with zero attached hydrogens (tertiary/aromatic N) is 1. The van der Waals surface area contributed by atoms with E-state index < -0.39 is 15.9 Å². The quantitative estimate of drug-likeness (QED) is 0.846. The van der Waals surface area contributed by atoms with Crippen LogP contribution in [0, 0.1) is 0 Å². The third-order valence-electron chi connectivity index (χ3n) is 3.56. The van der Waals surface area contributed by atoms with Crippen molar-refractivity contribution >= 4 is 9.84 Å². The smallest absolute Gasteiger partial charge is 0.175 e. The summed E-state index contributed by atoms with van der Waals surface area (Å²) in [6.07, 6.45) is 3.82. The van der Waals surface area contributed by atoms with Gasteiger partial charge in [0.05, 0.1) is 23.5 Å². The van der Waals surface area contributed by atoms with Crippen molar-refractivity contribution in [3.8, 4) is 0 Å². The van der Waals surface area contributed by atoms with E-state index in [0.29, 0.717) is 18.7 Å². The molecular formula is C16H21NO4S. The summed E-state index contributed by atoms with van der Waals surface area (Å²) in [7, 11) is -3.21. The lowest BCUT2D eigenvalue weighted by Gasteiger charge is -2.23. The highest BCUT2D eigenvalue weighted by molar-refractivity contribution is 7.90. The van der Waals surface area contributed by atoms with Gasteiger partial charge in [-0.15, -0.1) is 0 Å². The average molecular weight is 323 g/mol. The van der Waals surface area contributed by atoms with Crippen molar-refractivity contribution < 1.29 is 17.9 Å². The lowest BCUT2D eigenvalue weighted by atomic mass is 10.1. The Morgan fingerprint density at radius 2 is 1.91 bits per heavy atom. The maximum Gasteiger partial charge on any atom is 0.175 e. The van der Waals surface area contributed by atoms with Crippen molar-refractivity contribution in [3.05, 3.63) is 54.0 Å². The molecule has 1 heterocycles. The summed E-state index contributed by atoms with van der Waals surface area (Å²) in [4.78, 5) is 2.36. The molecule has 0 aliphatic rings. The molecule has 0 saturated carbocycles. The zero-order chi connectivity index (χ0) is 16.2. The predicted octanol–water partition coefficient (Wildman–Crippen LogP) is 2.24. The number of hydrogen-bond acceptors (Lipinski definition) is 5. The van der Waals surface area contributed by atoms with Crippen molar-refractivity contribution in [3.63, 3.8) is 0 Å². The summed E-state index contributed by atoms with van der Waals surface area (Å²) >= 11 is 0. The molecule has 0 radical (unpaired) electrons. The van der Waals surface area contributed by atoms with Gasteiger partial charge < -0.3 is 9.52 Å². The number of rotatable bonds is 7. The number of aliphatic hydroxyl groups excluding tert-OH is 1. The van der Waals surface area contributed by atoms with Crippen LogP contribution in [0.4, 0.5) is 0 Å². The summed E-state index contributed by atoms with van der Waals surface area (Å²) in [5, 5.41) is 10.3. The highest BCUT2D eigenvalue weighted by atomic mass is 32.2. The fourth-order valence-corrected chi connectivity index (χ4v) is 2.86. The van der Waals surface area contributed by atoms with Gasteiger partial charge in [0.25, 0.3) is 0 Å². The van der Waals surface area contributed by atoms with E-state index in [1.807, 2.05) is 13.0 Å². The van der Waals surface area contributed by atoms with E-state index in [0.717, 1.165) is 12.1 Å². The Morgan fingerprint density at radius 3 is 2.41 bits per heavy atom. The zero-order valence-corrected chi connectivity index (χ0v) is 13.6. The molecule has 0 spiro atoms. The summed E-state index contributed by atoms with van der Waals surface area (Å²) in [6.45, 7) is 3.99. The van der Waals surface area contributed by atoms with Crippen LogP contribution in [0.3, 0.4) is 0 Å². The van der Waals surface area contributed by atoms with Gasteiger partial charge in [0, 0.05) is 24.9 Å². The second-order valence-corrected chi connectivity index (χ2v) is 7.33. The van der Waals surface area contributed by atoms with Crippen molar-refractivity contribution in [2.45, 2.75) is 24.5 Å². The van der Waals surface area contributed by atoms with E-state index in [4.69, 9.17) is 4.42 Å². The molecule has 1 aromatic heterocycles. The second-order valence-electron chi connectivity index (χ2n) is 5.32. The van der Waals surface area contributed by atoms with Crippen molar-refractivity contribution in [2.24, 2.45) is 0 Å². The summed E-state index contributed by atoms with van der Waals surface area (Å²) in [5.74, 6) is 0. The van der Waals surface area contributed by atoms with Crippen LogP contribution in [0.15, 0.2) is 52.2 Å². The van der Waals surface area contributed by atoms with Gasteiger partial charge in [-0.3, -0.25) is 4.90 Å². The first-order valence-corrected chi connectivity index (χ1v) is 9.01. The Labute approximate surface area is 131 Å². The van der Waals surface area contributed by atoms with Gasteiger partial charge in [-0.05, 0) is 30.3 Å². The van der Waals surface area contributed by atoms with E-state index in [2.05, 4.69) is 4.90 Å². The van der Waals surface area contributed by atoms with Crippen LogP contribution in [-0.4, -0.2) is 37.8 Å². The number of likely N-dealkylation sites (N-methyl/N-ethyl adjacent to an activating group) is 1. The zero-order valence-electron chi connectivity index (χ0n) is 12.8. The number of sulfone groups is 1. The fraction of sp³-hybridized carbons (Fsp3) is 0.375. The molecular weight excluding hydrogens is 302 g/mol. The largest absolute Gasteiger partial charge is 0.472 e. The molecule has 0 saturated heterocycles. The summed E-state index contributed by atoms with van der Waals surface area (Å²) < 4.78 is 27.9. The molecule has 0 aliphatic heterocycles. The van der Waals surface area contributed by atoms with E-state index in [1.54, 1.807) is 24.7 Å². The third-order valence-corrected chi connectivity index (χ3v) is 4.69. The Bertz CT molecular complexity index is 677. The van der Waals surface area contributed by atoms with Gasteiger partial charge in [0.15, 0.2) is 9.84 Å². The van der Waals surface area contributed by atoms with E-state index in [1.165, 1.54) is 18.4 Å². The number of furan rings is 1. The highest BCUT2D eigenvalue weighted by Crippen LogP contribution is 2.18. The van der Waals surface area contributed by atoms with Crippen molar-refractivity contribution in [1.29, 1.82) is 0 Å². The fourth-order valence-electron chi connectivity index (χ4n) is 2.23. The molecule has 1 unspecified atom stereocenters. The molecule has 0 aliphatic carbocycles. The Hall–Kier alpha value is -1.63. The third kappa shape index (κ3) is 4.43. The Morgan fingerprint density at radius 1 is 1.23 bits per heavy atom. The molecule has 6 heteroatoms. The second kappa shape index (κ2) is 7.09. The molecule has 120 valence electrons. The average Bonchev–Trinajstić information content (AvgIpc) is 2.98. The van der Waals surface area contributed by atoms with E-state index in [9.17, 15) is 13.5 Å². The number of hydrogen-bond donors (Lipinski definition) is 1. The van der Waals surface area contributed by atoms with Crippen LogP contribution in [0.2, 0.25) is 0 Å². The SMILES string of the molecule is CCN(Cc1ccoc1)CC(O)c1ccc(S(C)(=O)=O)cc1. The normalized spacial score (nSPS) is 13.5. The van der Waals surface area contributed by atoms with Gasteiger partial charge in [-0.25, -0.2) is 8.42 Å². The minimum atomic E-state index is -3.21. The molecule has 22 heavy (non-hydrogen) atoms. The topological polar surface area (TPSA) is 70.8 Å². The van der Waals surface area contributed by atoms with Crippen LogP contribution in [0.5, 0.6) is 0 Å². The standard InChI is InChI=1S/C16H21NO4S/c1-3-17(10-13-8-9-21-12-13)11-16(18)14-4-6-15(7-5-14)22(2,19)20/h4-9,12,16,18H,3,10-11H2,1-2H3. The van der Waals surface area contributed by atoms with Gasteiger partial charge in [0.2, 0.25) is 0 Å². The first-order chi connectivity index (χ1) is 10.4. The van der Waals surface area contributed by atoms with Crippen LogP contribution in [-0.2, 0) is 16.4 Å². The first-order valence-electron chi connectivity index (χ1n) is 7.11. The highest BCUT2D eigenvalue weighted by Gasteiger charge is 2.14. The summed E-state index contributed by atoms with van der Waals surface area (Å²) in [5.41, 5.74) is 1.76. The Balaban J connectivity index is 2.02. The molecule has 1 atom stereocenters. The van der Waals surface area contributed by atoms with Crippen molar-refractivity contribution in [2.75, 3.05) is 19.3 Å². The maximum atomic E-state index is 11.4. The Kier molecular flexibility index (Phi) is 5.39. The number of aliphatic hydroxyl groups is 1. The molecule has 2 rings (SSSR count). The molecule has 0 bridgehead atoms. The van der Waals surface area contributed by atoms with Gasteiger partial charge in [0.1, 0.15) is 0 Å². The van der Waals surface area contributed by atoms with Gasteiger partial charge in [-0.2, -0.15) is 0 Å². The summed E-state index contributed by atoms with van der Waals surface area (Å²) in [6, 6.07) is 8.27. The van der Waals surface area contributed by atoms with Crippen LogP contribution < -0.4 is 0 Å². The minimum absolute atomic E-state index is 0.259. The molecule has 1 aromatic carbocycles. The monoisotopic (exact) mass is 323 g/mol. The number of benzene rings is 1. The van der Waals surface area contributed by atoms with Crippen LogP contribution >= 0.6 is 0 Å². The van der Waals surface area contributed by atoms with Crippen LogP contribution in [0.25, 0.3) is 0 Å². The minimum Gasteiger partial charge on any atom is -0.472 e. The first kappa shape index (κ1) is 16.7. The lowest BCUT2D eigenvalue weighted by molar-refractivity contribution is 0.112. The predicted molar refractivity (Wildman–Crippen MR) is 84.2 cm³/mol. The van der Waals surface area contributed by atoms with Crippen LogP contribution in [0.1, 0.15) is 24.2 Å². The van der Waals surface area contributed by atoms with Gasteiger partial charge >= 0.3 is 0 Å². The van der Waals surface area contributed by atoms with Crippen molar-refractivity contribution in [1.82, 2.24) is 4.90 Å². The maximum absolute atomic E-state index is 11.4. The van der Waals surface area contributed by atoms with Gasteiger partial charge in [-0.1, -0.05) is 19.1 Å².